The molecule has 168 valence electrons. The fourth-order valence-corrected chi connectivity index (χ4v) is 4.63. The number of benzene rings is 3. The van der Waals surface area contributed by atoms with E-state index in [0.717, 1.165) is 36.0 Å². The van der Waals surface area contributed by atoms with Crippen LogP contribution in [0.2, 0.25) is 20.1 Å². The summed E-state index contributed by atoms with van der Waals surface area (Å²) in [6.07, 6.45) is 2.68. The van der Waals surface area contributed by atoms with Gasteiger partial charge in [-0.1, -0.05) is 70.7 Å². The van der Waals surface area contributed by atoms with E-state index in [2.05, 4.69) is 5.32 Å². The number of carbonyl (C=O) groups excluding carboxylic acids is 1. The summed E-state index contributed by atoms with van der Waals surface area (Å²) >= 11 is 24.2. The fourth-order valence-electron chi connectivity index (χ4n) is 3.80. The van der Waals surface area contributed by atoms with Crippen molar-refractivity contribution < 1.29 is 4.79 Å². The minimum absolute atomic E-state index is 0.0284. The number of aryl methyl sites for hydroxylation is 1. The van der Waals surface area contributed by atoms with Crippen molar-refractivity contribution >= 4 is 52.3 Å². The molecule has 0 aliphatic rings. The second kappa shape index (κ2) is 12.0. The zero-order chi connectivity index (χ0) is 23.1. The van der Waals surface area contributed by atoms with E-state index in [-0.39, 0.29) is 17.9 Å². The average molecular weight is 509 g/mol. The minimum atomic E-state index is -0.0556. The Kier molecular flexibility index (Phi) is 9.31. The highest BCUT2D eigenvalue weighted by Crippen LogP contribution is 2.27. The Hall–Kier alpha value is -1.71. The van der Waals surface area contributed by atoms with Crippen molar-refractivity contribution in [1.29, 1.82) is 0 Å². The van der Waals surface area contributed by atoms with Gasteiger partial charge in [-0.05, 0) is 85.3 Å². The van der Waals surface area contributed by atoms with Gasteiger partial charge in [-0.15, -0.1) is 0 Å². The molecular formula is C26H25Cl4NO. The molecular weight excluding hydrogens is 484 g/mol. The van der Waals surface area contributed by atoms with Gasteiger partial charge < -0.3 is 5.32 Å². The Morgan fingerprint density at radius 3 is 1.94 bits per heavy atom. The number of hydrogen-bond acceptors (Lipinski definition) is 1. The van der Waals surface area contributed by atoms with Crippen LogP contribution >= 0.6 is 46.4 Å². The first-order chi connectivity index (χ1) is 15.3. The second-order valence-corrected chi connectivity index (χ2v) is 9.72. The molecule has 0 bridgehead atoms. The van der Waals surface area contributed by atoms with Crippen LogP contribution < -0.4 is 5.32 Å². The standard InChI is InChI=1S/C26H25Cl4NO/c1-17(31-26(32)4-2-3-19-13-23(29)16-24(30)14-19)25(20-7-11-22(28)12-8-20)15-18-5-9-21(27)10-6-18/h5-14,16-17,25H,2-4,15H2,1H3,(H,31,32)/t17-,25+/m1/s1. The number of rotatable bonds is 9. The molecule has 2 atom stereocenters. The molecule has 6 heteroatoms. The molecule has 0 saturated heterocycles. The number of nitrogens with one attached hydrogen (secondary N) is 1. The molecule has 0 fully saturated rings. The molecule has 0 aromatic heterocycles. The van der Waals surface area contributed by atoms with Gasteiger partial charge in [0.25, 0.3) is 0 Å². The van der Waals surface area contributed by atoms with Crippen LogP contribution in [0.15, 0.2) is 66.7 Å². The summed E-state index contributed by atoms with van der Waals surface area (Å²) in [5, 5.41) is 5.80. The van der Waals surface area contributed by atoms with E-state index in [1.165, 1.54) is 0 Å². The maximum Gasteiger partial charge on any atom is 0.220 e. The normalized spacial score (nSPS) is 12.9. The van der Waals surface area contributed by atoms with Gasteiger partial charge in [-0.2, -0.15) is 0 Å². The van der Waals surface area contributed by atoms with Gasteiger partial charge in [0.15, 0.2) is 0 Å². The van der Waals surface area contributed by atoms with E-state index in [4.69, 9.17) is 46.4 Å². The molecule has 3 rings (SSSR count). The number of amides is 1. The first kappa shape index (κ1) is 24.9. The van der Waals surface area contributed by atoms with E-state index < -0.39 is 0 Å². The van der Waals surface area contributed by atoms with E-state index in [1.807, 2.05) is 67.6 Å². The summed E-state index contributed by atoms with van der Waals surface area (Å²) in [5.74, 6) is 0.129. The predicted octanol–water partition coefficient (Wildman–Crippen LogP) is 8.15. The molecule has 0 aliphatic heterocycles. The minimum Gasteiger partial charge on any atom is -0.353 e. The fraction of sp³-hybridized carbons (Fsp3) is 0.269. The third-order valence-corrected chi connectivity index (χ3v) is 6.39. The predicted molar refractivity (Wildman–Crippen MR) is 136 cm³/mol. The topological polar surface area (TPSA) is 29.1 Å². The zero-order valence-electron chi connectivity index (χ0n) is 17.8. The van der Waals surface area contributed by atoms with Gasteiger partial charge in [0, 0.05) is 38.5 Å². The third-order valence-electron chi connectivity index (χ3n) is 5.45. The number of halogens is 4. The van der Waals surface area contributed by atoms with Crippen LogP contribution in [0, 0.1) is 0 Å². The van der Waals surface area contributed by atoms with E-state index in [1.54, 1.807) is 6.07 Å². The van der Waals surface area contributed by atoms with E-state index in [9.17, 15) is 4.79 Å². The monoisotopic (exact) mass is 507 g/mol. The Morgan fingerprint density at radius 1 is 0.781 bits per heavy atom. The van der Waals surface area contributed by atoms with Crippen LogP contribution in [0.3, 0.4) is 0 Å². The summed E-state index contributed by atoms with van der Waals surface area (Å²) in [6.45, 7) is 2.05. The molecule has 0 saturated carbocycles. The maximum absolute atomic E-state index is 12.7. The second-order valence-electron chi connectivity index (χ2n) is 7.98. The third kappa shape index (κ3) is 7.71. The Balaban J connectivity index is 1.62. The Bertz CT molecular complexity index is 1010. The number of hydrogen-bond donors (Lipinski definition) is 1. The SMILES string of the molecule is C[C@@H](NC(=O)CCCc1cc(Cl)cc(Cl)c1)[C@H](Cc1ccc(Cl)cc1)c1ccc(Cl)cc1. The largest absolute Gasteiger partial charge is 0.353 e. The van der Waals surface area contributed by atoms with Crippen molar-refractivity contribution in [2.24, 2.45) is 0 Å². The number of carbonyl (C=O) groups is 1. The maximum atomic E-state index is 12.7. The highest BCUT2D eigenvalue weighted by molar-refractivity contribution is 6.34. The highest BCUT2D eigenvalue weighted by atomic mass is 35.5. The molecule has 1 amide bonds. The van der Waals surface area contributed by atoms with Crippen LogP contribution in [-0.4, -0.2) is 11.9 Å². The lowest BCUT2D eigenvalue weighted by atomic mass is 9.86. The molecule has 1 N–H and O–H groups in total. The smallest absolute Gasteiger partial charge is 0.220 e. The van der Waals surface area contributed by atoms with Crippen LogP contribution in [0.1, 0.15) is 42.4 Å². The molecule has 3 aromatic rings. The highest BCUT2D eigenvalue weighted by Gasteiger charge is 2.21. The van der Waals surface area contributed by atoms with Gasteiger partial charge in [0.2, 0.25) is 5.91 Å². The first-order valence-electron chi connectivity index (χ1n) is 10.5. The molecule has 0 spiro atoms. The van der Waals surface area contributed by atoms with Crippen molar-refractivity contribution in [3.63, 3.8) is 0 Å². The van der Waals surface area contributed by atoms with Crippen LogP contribution in [0.4, 0.5) is 0 Å². The zero-order valence-corrected chi connectivity index (χ0v) is 20.8. The van der Waals surface area contributed by atoms with Crippen molar-refractivity contribution in [1.82, 2.24) is 5.32 Å². The van der Waals surface area contributed by atoms with Crippen molar-refractivity contribution in [3.05, 3.63) is 104 Å². The Morgan fingerprint density at radius 2 is 1.34 bits per heavy atom. The van der Waals surface area contributed by atoms with Crippen molar-refractivity contribution in [2.75, 3.05) is 0 Å². The molecule has 0 heterocycles. The molecule has 0 unspecified atom stereocenters. The molecule has 0 aliphatic carbocycles. The summed E-state index contributed by atoms with van der Waals surface area (Å²) in [6, 6.07) is 21.1. The lowest BCUT2D eigenvalue weighted by Crippen LogP contribution is -2.37. The average Bonchev–Trinajstić information content (AvgIpc) is 2.73. The van der Waals surface area contributed by atoms with E-state index in [0.29, 0.717) is 26.5 Å². The van der Waals surface area contributed by atoms with Gasteiger partial charge in [0.1, 0.15) is 0 Å². The van der Waals surface area contributed by atoms with E-state index >= 15 is 0 Å². The van der Waals surface area contributed by atoms with Gasteiger partial charge in [-0.3, -0.25) is 4.79 Å². The van der Waals surface area contributed by atoms with Crippen LogP contribution in [0.5, 0.6) is 0 Å². The van der Waals surface area contributed by atoms with Crippen molar-refractivity contribution in [2.45, 2.75) is 44.6 Å². The van der Waals surface area contributed by atoms with Crippen LogP contribution in [0.25, 0.3) is 0 Å². The quantitative estimate of drug-likeness (QED) is 0.310. The first-order valence-corrected chi connectivity index (χ1v) is 12.1. The summed E-state index contributed by atoms with van der Waals surface area (Å²) in [4.78, 5) is 12.7. The molecule has 3 aromatic carbocycles. The van der Waals surface area contributed by atoms with Gasteiger partial charge >= 0.3 is 0 Å². The summed E-state index contributed by atoms with van der Waals surface area (Å²) in [7, 11) is 0. The van der Waals surface area contributed by atoms with Crippen LogP contribution in [-0.2, 0) is 17.6 Å². The van der Waals surface area contributed by atoms with Gasteiger partial charge in [0.05, 0.1) is 0 Å². The molecule has 0 radical (unpaired) electrons. The molecule has 32 heavy (non-hydrogen) atoms. The summed E-state index contributed by atoms with van der Waals surface area (Å²) < 4.78 is 0. The Labute approximate surface area is 209 Å². The van der Waals surface area contributed by atoms with Gasteiger partial charge in [-0.25, -0.2) is 0 Å². The van der Waals surface area contributed by atoms with Crippen molar-refractivity contribution in [3.8, 4) is 0 Å². The lowest BCUT2D eigenvalue weighted by Gasteiger charge is -2.26. The summed E-state index contributed by atoms with van der Waals surface area (Å²) in [5.41, 5.74) is 3.32. The lowest BCUT2D eigenvalue weighted by molar-refractivity contribution is -0.121. The molecule has 2 nitrogen and oxygen atoms in total.